The maximum Gasteiger partial charge on any atom is 0.243 e. The average molecular weight is 347 g/mol. The first-order valence-electron chi connectivity index (χ1n) is 7.03. The number of hydrogen-bond donors (Lipinski definition) is 0. The second-order valence-corrected chi connectivity index (χ2v) is 9.42. The Balaban J connectivity index is 2.58. The maximum atomic E-state index is 12.9. The molecule has 1 saturated heterocycles. The number of ether oxygens (including phenoxy) is 1. The minimum atomic E-state index is -3.73. The lowest BCUT2D eigenvalue weighted by molar-refractivity contribution is 0.148. The van der Waals surface area contributed by atoms with Crippen molar-refractivity contribution >= 4 is 19.9 Å². The van der Waals surface area contributed by atoms with Gasteiger partial charge in [0.2, 0.25) is 10.0 Å². The smallest absolute Gasteiger partial charge is 0.243 e. The Morgan fingerprint density at radius 3 is 2.27 bits per heavy atom. The normalized spacial score (nSPS) is 18.1. The summed E-state index contributed by atoms with van der Waals surface area (Å²) in [5.41, 5.74) is 0.883. The van der Waals surface area contributed by atoms with Gasteiger partial charge in [0.25, 0.3) is 0 Å². The van der Waals surface area contributed by atoms with E-state index in [4.69, 9.17) is 4.74 Å². The minimum Gasteiger partial charge on any atom is -0.380 e. The van der Waals surface area contributed by atoms with E-state index in [0.717, 1.165) is 6.26 Å². The fourth-order valence-electron chi connectivity index (χ4n) is 2.55. The van der Waals surface area contributed by atoms with Crippen molar-refractivity contribution in [1.82, 2.24) is 4.31 Å². The molecule has 2 rings (SSSR count). The zero-order valence-corrected chi connectivity index (χ0v) is 14.6. The molecular formula is C14H21NO5S2. The highest BCUT2D eigenvalue weighted by Crippen LogP contribution is 2.27. The Hall–Kier alpha value is -0.960. The molecule has 22 heavy (non-hydrogen) atoms. The number of sulfonamides is 1. The van der Waals surface area contributed by atoms with Gasteiger partial charge in [-0.2, -0.15) is 4.31 Å². The van der Waals surface area contributed by atoms with Crippen LogP contribution >= 0.6 is 0 Å². The van der Waals surface area contributed by atoms with E-state index in [1.165, 1.54) is 23.4 Å². The number of aryl methyl sites for hydroxylation is 1. The Kier molecular flexibility index (Phi) is 4.96. The first-order chi connectivity index (χ1) is 10.1. The number of sulfone groups is 1. The van der Waals surface area contributed by atoms with Crippen LogP contribution in [0.2, 0.25) is 0 Å². The fourth-order valence-corrected chi connectivity index (χ4v) is 5.47. The number of rotatable bonds is 3. The molecule has 6 nitrogen and oxygen atoms in total. The highest BCUT2D eigenvalue weighted by Gasteiger charge is 2.29. The largest absolute Gasteiger partial charge is 0.380 e. The van der Waals surface area contributed by atoms with Gasteiger partial charge in [0.05, 0.1) is 16.4 Å². The SMILES string of the molecule is Cc1cc(S(C)(=O)=O)c(C)c(S(=O)(=O)N2CCCOCC2)c1. The molecule has 1 aliphatic heterocycles. The van der Waals surface area contributed by atoms with E-state index >= 15 is 0 Å². The van der Waals surface area contributed by atoms with Crippen LogP contribution in [0.3, 0.4) is 0 Å². The van der Waals surface area contributed by atoms with E-state index in [1.54, 1.807) is 6.92 Å². The van der Waals surface area contributed by atoms with Crippen molar-refractivity contribution in [2.75, 3.05) is 32.6 Å². The van der Waals surface area contributed by atoms with Crippen molar-refractivity contribution in [3.63, 3.8) is 0 Å². The molecule has 1 fully saturated rings. The zero-order chi connectivity index (χ0) is 16.5. The van der Waals surface area contributed by atoms with Crippen molar-refractivity contribution in [3.8, 4) is 0 Å². The molecule has 0 atom stereocenters. The third-order valence-corrected chi connectivity index (χ3v) is 6.90. The van der Waals surface area contributed by atoms with E-state index < -0.39 is 19.9 Å². The molecule has 0 N–H and O–H groups in total. The van der Waals surface area contributed by atoms with Gasteiger partial charge in [-0.3, -0.25) is 0 Å². The van der Waals surface area contributed by atoms with Crippen molar-refractivity contribution in [2.45, 2.75) is 30.1 Å². The van der Waals surface area contributed by atoms with Crippen LogP contribution in [0.25, 0.3) is 0 Å². The van der Waals surface area contributed by atoms with Gasteiger partial charge in [-0.1, -0.05) is 0 Å². The summed E-state index contributed by atoms with van der Waals surface area (Å²) in [5, 5.41) is 0. The number of hydrogen-bond acceptors (Lipinski definition) is 5. The van der Waals surface area contributed by atoms with Crippen LogP contribution in [0.15, 0.2) is 21.9 Å². The van der Waals surface area contributed by atoms with Crippen LogP contribution in [0.4, 0.5) is 0 Å². The summed E-state index contributed by atoms with van der Waals surface area (Å²) in [6, 6.07) is 3.04. The molecule has 0 aromatic heterocycles. The molecule has 1 aromatic rings. The van der Waals surface area contributed by atoms with Crippen molar-refractivity contribution in [1.29, 1.82) is 0 Å². The summed E-state index contributed by atoms with van der Waals surface area (Å²) in [4.78, 5) is 0.131. The summed E-state index contributed by atoms with van der Waals surface area (Å²) >= 11 is 0. The standard InChI is InChI=1S/C14H21NO5S2/c1-11-9-13(21(3,16)17)12(2)14(10-11)22(18,19)15-5-4-7-20-8-6-15/h9-10H,4-8H2,1-3H3. The van der Waals surface area contributed by atoms with Crippen LogP contribution in [-0.2, 0) is 24.6 Å². The van der Waals surface area contributed by atoms with Crippen molar-refractivity contribution in [3.05, 3.63) is 23.3 Å². The molecule has 124 valence electrons. The Labute approximate surface area is 132 Å². The minimum absolute atomic E-state index is 0.0647. The molecule has 8 heteroatoms. The summed E-state index contributed by atoms with van der Waals surface area (Å²) in [6.45, 7) is 4.78. The van der Waals surface area contributed by atoms with Gasteiger partial charge in [0, 0.05) is 26.0 Å². The molecule has 0 bridgehead atoms. The first kappa shape index (κ1) is 17.4. The van der Waals surface area contributed by atoms with Gasteiger partial charge >= 0.3 is 0 Å². The van der Waals surface area contributed by atoms with E-state index in [-0.39, 0.29) is 21.9 Å². The lowest BCUT2D eigenvalue weighted by Crippen LogP contribution is -2.34. The van der Waals surface area contributed by atoms with E-state index in [1.807, 2.05) is 0 Å². The Morgan fingerprint density at radius 1 is 1.00 bits per heavy atom. The number of nitrogens with zero attached hydrogens (tertiary/aromatic N) is 1. The highest BCUT2D eigenvalue weighted by atomic mass is 32.2. The molecule has 0 unspecified atom stereocenters. The van der Waals surface area contributed by atoms with Crippen LogP contribution in [0, 0.1) is 13.8 Å². The number of benzene rings is 1. The lowest BCUT2D eigenvalue weighted by Gasteiger charge is -2.21. The van der Waals surface area contributed by atoms with Gasteiger partial charge in [0.1, 0.15) is 0 Å². The van der Waals surface area contributed by atoms with Gasteiger partial charge in [-0.25, -0.2) is 16.8 Å². The third-order valence-electron chi connectivity index (χ3n) is 3.66. The average Bonchev–Trinajstić information content (AvgIpc) is 2.69. The zero-order valence-electron chi connectivity index (χ0n) is 13.0. The predicted octanol–water partition coefficient (Wildman–Crippen LogP) is 1.12. The summed E-state index contributed by atoms with van der Waals surface area (Å²) in [7, 11) is -7.22. The molecule has 1 aromatic carbocycles. The topological polar surface area (TPSA) is 80.8 Å². The fraction of sp³-hybridized carbons (Fsp3) is 0.571. The molecule has 0 radical (unpaired) electrons. The summed E-state index contributed by atoms with van der Waals surface area (Å²) in [6.07, 6.45) is 1.72. The monoisotopic (exact) mass is 347 g/mol. The Bertz CT molecular complexity index is 761. The van der Waals surface area contributed by atoms with Crippen molar-refractivity contribution < 1.29 is 21.6 Å². The van der Waals surface area contributed by atoms with E-state index in [9.17, 15) is 16.8 Å². The van der Waals surface area contributed by atoms with Crippen LogP contribution < -0.4 is 0 Å². The van der Waals surface area contributed by atoms with Crippen LogP contribution in [0.5, 0.6) is 0 Å². The highest BCUT2D eigenvalue weighted by molar-refractivity contribution is 7.91. The van der Waals surface area contributed by atoms with Gasteiger partial charge in [0.15, 0.2) is 9.84 Å². The summed E-state index contributed by atoms with van der Waals surface area (Å²) in [5.74, 6) is 0. The van der Waals surface area contributed by atoms with E-state index in [0.29, 0.717) is 31.7 Å². The third kappa shape index (κ3) is 3.51. The molecule has 0 amide bonds. The van der Waals surface area contributed by atoms with Crippen LogP contribution in [0.1, 0.15) is 17.5 Å². The molecular weight excluding hydrogens is 326 g/mol. The van der Waals surface area contributed by atoms with Gasteiger partial charge in [-0.05, 0) is 43.5 Å². The first-order valence-corrected chi connectivity index (χ1v) is 10.4. The molecule has 1 aliphatic rings. The van der Waals surface area contributed by atoms with E-state index in [2.05, 4.69) is 0 Å². The lowest BCUT2D eigenvalue weighted by atomic mass is 10.2. The maximum absolute atomic E-state index is 12.9. The molecule has 0 saturated carbocycles. The molecule has 0 spiro atoms. The Morgan fingerprint density at radius 2 is 1.64 bits per heavy atom. The summed E-state index contributed by atoms with van der Waals surface area (Å²) < 4.78 is 56.2. The predicted molar refractivity (Wildman–Crippen MR) is 83.2 cm³/mol. The van der Waals surface area contributed by atoms with Crippen LogP contribution in [-0.4, -0.2) is 53.7 Å². The molecule has 1 heterocycles. The second-order valence-electron chi connectivity index (χ2n) is 5.53. The van der Waals surface area contributed by atoms with Crippen molar-refractivity contribution in [2.24, 2.45) is 0 Å². The van der Waals surface area contributed by atoms with Gasteiger partial charge < -0.3 is 4.74 Å². The second kappa shape index (κ2) is 6.27. The van der Waals surface area contributed by atoms with Gasteiger partial charge in [-0.15, -0.1) is 0 Å². The quantitative estimate of drug-likeness (QED) is 0.818. The molecule has 0 aliphatic carbocycles.